The van der Waals surface area contributed by atoms with Gasteiger partial charge in [0.2, 0.25) is 5.91 Å². The number of carbonyl (C=O) groups is 2. The SMILES string of the molecule is CCOC(=O)C1CCC(NC(=O)CCC(C)O)CC1. The Morgan fingerprint density at radius 2 is 1.95 bits per heavy atom. The Balaban J connectivity index is 2.22. The second-order valence-corrected chi connectivity index (χ2v) is 5.26. The first-order valence-corrected chi connectivity index (χ1v) is 7.17. The predicted octanol–water partition coefficient (Wildman–Crippen LogP) is 1.39. The zero-order valence-corrected chi connectivity index (χ0v) is 11.9. The van der Waals surface area contributed by atoms with Crippen molar-refractivity contribution in [2.75, 3.05) is 6.61 Å². The lowest BCUT2D eigenvalue weighted by atomic mass is 9.86. The van der Waals surface area contributed by atoms with E-state index in [1.54, 1.807) is 6.92 Å². The van der Waals surface area contributed by atoms with Crippen molar-refractivity contribution in [3.63, 3.8) is 0 Å². The van der Waals surface area contributed by atoms with Crippen molar-refractivity contribution < 1.29 is 19.4 Å². The van der Waals surface area contributed by atoms with Crippen LogP contribution < -0.4 is 5.32 Å². The molecule has 2 N–H and O–H groups in total. The Morgan fingerprint density at radius 1 is 1.32 bits per heavy atom. The first kappa shape index (κ1) is 16.0. The summed E-state index contributed by atoms with van der Waals surface area (Å²) in [5, 5.41) is 12.1. The Labute approximate surface area is 114 Å². The van der Waals surface area contributed by atoms with E-state index in [1.807, 2.05) is 6.92 Å². The summed E-state index contributed by atoms with van der Waals surface area (Å²) in [5.41, 5.74) is 0. The van der Waals surface area contributed by atoms with Gasteiger partial charge in [0.25, 0.3) is 0 Å². The summed E-state index contributed by atoms with van der Waals surface area (Å²) in [7, 11) is 0. The number of carbonyl (C=O) groups excluding carboxylic acids is 2. The molecule has 0 aromatic heterocycles. The van der Waals surface area contributed by atoms with E-state index in [9.17, 15) is 9.59 Å². The number of ether oxygens (including phenoxy) is 1. The lowest BCUT2D eigenvalue weighted by Gasteiger charge is -2.27. The Kier molecular flexibility index (Phi) is 6.84. The van der Waals surface area contributed by atoms with Crippen molar-refractivity contribution >= 4 is 11.9 Å². The molecule has 1 aliphatic rings. The van der Waals surface area contributed by atoms with Crippen LogP contribution in [-0.2, 0) is 14.3 Å². The summed E-state index contributed by atoms with van der Waals surface area (Å²) in [6.07, 6.45) is 3.61. The molecule has 0 saturated heterocycles. The average Bonchev–Trinajstić information content (AvgIpc) is 2.37. The summed E-state index contributed by atoms with van der Waals surface area (Å²) in [4.78, 5) is 23.2. The fraction of sp³-hybridized carbons (Fsp3) is 0.857. The van der Waals surface area contributed by atoms with E-state index in [1.165, 1.54) is 0 Å². The summed E-state index contributed by atoms with van der Waals surface area (Å²) in [6.45, 7) is 3.92. The highest BCUT2D eigenvalue weighted by molar-refractivity contribution is 5.76. The zero-order valence-electron chi connectivity index (χ0n) is 11.9. The second-order valence-electron chi connectivity index (χ2n) is 5.26. The van der Waals surface area contributed by atoms with Gasteiger partial charge in [0, 0.05) is 12.5 Å². The summed E-state index contributed by atoms with van der Waals surface area (Å²) in [5.74, 6) is -0.132. The molecule has 0 bridgehead atoms. The number of aliphatic hydroxyl groups is 1. The molecule has 1 atom stereocenters. The molecule has 0 aliphatic heterocycles. The zero-order chi connectivity index (χ0) is 14.3. The van der Waals surface area contributed by atoms with Gasteiger partial charge in [-0.2, -0.15) is 0 Å². The third kappa shape index (κ3) is 6.05. The lowest BCUT2D eigenvalue weighted by molar-refractivity contribution is -0.149. The largest absolute Gasteiger partial charge is 0.466 e. The highest BCUT2D eigenvalue weighted by atomic mass is 16.5. The maximum Gasteiger partial charge on any atom is 0.308 e. The van der Waals surface area contributed by atoms with Gasteiger partial charge in [-0.05, 0) is 46.0 Å². The number of nitrogens with one attached hydrogen (secondary N) is 1. The molecule has 1 saturated carbocycles. The molecular weight excluding hydrogens is 246 g/mol. The number of rotatable bonds is 6. The molecular formula is C14H25NO4. The van der Waals surface area contributed by atoms with E-state index in [4.69, 9.17) is 9.84 Å². The fourth-order valence-corrected chi connectivity index (χ4v) is 2.37. The van der Waals surface area contributed by atoms with Crippen molar-refractivity contribution in [1.29, 1.82) is 0 Å². The fourth-order valence-electron chi connectivity index (χ4n) is 2.37. The van der Waals surface area contributed by atoms with Gasteiger partial charge in [0.05, 0.1) is 18.6 Å². The van der Waals surface area contributed by atoms with Crippen molar-refractivity contribution in [3.05, 3.63) is 0 Å². The van der Waals surface area contributed by atoms with E-state index < -0.39 is 6.10 Å². The van der Waals surface area contributed by atoms with E-state index in [2.05, 4.69) is 5.32 Å². The third-order valence-electron chi connectivity index (χ3n) is 3.50. The van der Waals surface area contributed by atoms with Gasteiger partial charge in [0.1, 0.15) is 0 Å². The van der Waals surface area contributed by atoms with Crippen LogP contribution in [0.5, 0.6) is 0 Å². The Morgan fingerprint density at radius 3 is 2.47 bits per heavy atom. The molecule has 19 heavy (non-hydrogen) atoms. The quantitative estimate of drug-likeness (QED) is 0.716. The van der Waals surface area contributed by atoms with Gasteiger partial charge >= 0.3 is 5.97 Å². The standard InChI is InChI=1S/C14H25NO4/c1-3-19-14(18)11-5-7-12(8-6-11)15-13(17)9-4-10(2)16/h10-12,16H,3-9H2,1-2H3,(H,15,17). The number of esters is 1. The molecule has 0 aromatic carbocycles. The highest BCUT2D eigenvalue weighted by Crippen LogP contribution is 2.25. The van der Waals surface area contributed by atoms with Gasteiger partial charge in [-0.1, -0.05) is 0 Å². The van der Waals surface area contributed by atoms with E-state index in [0.29, 0.717) is 19.4 Å². The van der Waals surface area contributed by atoms with Crippen LogP contribution in [0.4, 0.5) is 0 Å². The molecule has 1 amide bonds. The van der Waals surface area contributed by atoms with Crippen molar-refractivity contribution in [3.8, 4) is 0 Å². The van der Waals surface area contributed by atoms with Crippen LogP contribution >= 0.6 is 0 Å². The van der Waals surface area contributed by atoms with Crippen LogP contribution in [0, 0.1) is 5.92 Å². The molecule has 0 heterocycles. The van der Waals surface area contributed by atoms with Crippen molar-refractivity contribution in [2.45, 2.75) is 64.5 Å². The smallest absolute Gasteiger partial charge is 0.308 e. The van der Waals surface area contributed by atoms with E-state index in [-0.39, 0.29) is 23.8 Å². The topological polar surface area (TPSA) is 75.6 Å². The van der Waals surface area contributed by atoms with Gasteiger partial charge in [-0.25, -0.2) is 0 Å². The third-order valence-corrected chi connectivity index (χ3v) is 3.50. The maximum atomic E-state index is 11.6. The minimum Gasteiger partial charge on any atom is -0.466 e. The molecule has 1 aliphatic carbocycles. The predicted molar refractivity (Wildman–Crippen MR) is 71.4 cm³/mol. The molecule has 0 aromatic rings. The molecule has 5 nitrogen and oxygen atoms in total. The van der Waals surface area contributed by atoms with Crippen LogP contribution in [0.3, 0.4) is 0 Å². The van der Waals surface area contributed by atoms with Gasteiger partial charge < -0.3 is 15.2 Å². The van der Waals surface area contributed by atoms with E-state index >= 15 is 0 Å². The van der Waals surface area contributed by atoms with Gasteiger partial charge in [0.15, 0.2) is 0 Å². The maximum absolute atomic E-state index is 11.6. The summed E-state index contributed by atoms with van der Waals surface area (Å²) >= 11 is 0. The number of hydrogen-bond acceptors (Lipinski definition) is 4. The van der Waals surface area contributed by atoms with Crippen LogP contribution in [0.2, 0.25) is 0 Å². The number of amides is 1. The van der Waals surface area contributed by atoms with Crippen molar-refractivity contribution in [2.24, 2.45) is 5.92 Å². The molecule has 5 heteroatoms. The summed E-state index contributed by atoms with van der Waals surface area (Å²) in [6, 6.07) is 0.159. The normalized spacial score (nSPS) is 24.6. The van der Waals surface area contributed by atoms with Crippen molar-refractivity contribution in [1.82, 2.24) is 5.32 Å². The first-order chi connectivity index (χ1) is 9.02. The monoisotopic (exact) mass is 271 g/mol. The number of aliphatic hydroxyl groups excluding tert-OH is 1. The first-order valence-electron chi connectivity index (χ1n) is 7.17. The van der Waals surface area contributed by atoms with Crippen LogP contribution in [0.25, 0.3) is 0 Å². The number of hydrogen-bond donors (Lipinski definition) is 2. The molecule has 1 fully saturated rings. The molecule has 1 rings (SSSR count). The second kappa shape index (κ2) is 8.15. The van der Waals surface area contributed by atoms with Crippen LogP contribution in [-0.4, -0.2) is 35.7 Å². The molecule has 110 valence electrons. The molecule has 1 unspecified atom stereocenters. The van der Waals surface area contributed by atoms with Gasteiger partial charge in [-0.3, -0.25) is 9.59 Å². The minimum absolute atomic E-state index is 0.00874. The molecule has 0 radical (unpaired) electrons. The molecule has 0 spiro atoms. The average molecular weight is 271 g/mol. The Bertz CT molecular complexity index is 296. The summed E-state index contributed by atoms with van der Waals surface area (Å²) < 4.78 is 5.01. The Hall–Kier alpha value is -1.10. The highest BCUT2D eigenvalue weighted by Gasteiger charge is 2.27. The minimum atomic E-state index is -0.440. The van der Waals surface area contributed by atoms with Crippen LogP contribution in [0.1, 0.15) is 52.4 Å². The van der Waals surface area contributed by atoms with Gasteiger partial charge in [-0.15, -0.1) is 0 Å². The van der Waals surface area contributed by atoms with E-state index in [0.717, 1.165) is 25.7 Å². The van der Waals surface area contributed by atoms with Crippen LogP contribution in [0.15, 0.2) is 0 Å². The lowest BCUT2D eigenvalue weighted by Crippen LogP contribution is -2.39.